The number of rotatable bonds is 4. The van der Waals surface area contributed by atoms with Gasteiger partial charge in [0.15, 0.2) is 0 Å². The predicted octanol–water partition coefficient (Wildman–Crippen LogP) is 1.57. The van der Waals surface area contributed by atoms with Crippen molar-refractivity contribution in [1.29, 1.82) is 0 Å². The summed E-state index contributed by atoms with van der Waals surface area (Å²) in [5, 5.41) is 0. The fourth-order valence-electron chi connectivity index (χ4n) is 2.30. The highest BCUT2D eigenvalue weighted by Gasteiger charge is 2.34. The highest BCUT2D eigenvalue weighted by atomic mass is 79.9. The Balaban J connectivity index is 2.37. The van der Waals surface area contributed by atoms with Gasteiger partial charge in [0.25, 0.3) is 0 Å². The van der Waals surface area contributed by atoms with Crippen molar-refractivity contribution < 1.29 is 13.2 Å². The lowest BCUT2D eigenvalue weighted by molar-refractivity contribution is 0.392. The van der Waals surface area contributed by atoms with Crippen molar-refractivity contribution in [2.24, 2.45) is 5.73 Å². The molecule has 0 bridgehead atoms. The van der Waals surface area contributed by atoms with Gasteiger partial charge < -0.3 is 10.5 Å². The zero-order valence-corrected chi connectivity index (χ0v) is 13.1. The molecule has 1 aromatic carbocycles. The van der Waals surface area contributed by atoms with Crippen LogP contribution in [0.1, 0.15) is 12.8 Å². The molecule has 106 valence electrons. The number of nitrogens with zero attached hydrogens (tertiary/aromatic N) is 1. The van der Waals surface area contributed by atoms with Crippen LogP contribution in [0.15, 0.2) is 27.6 Å². The molecule has 1 aliphatic rings. The van der Waals surface area contributed by atoms with Gasteiger partial charge in [-0.3, -0.25) is 0 Å². The zero-order chi connectivity index (χ0) is 14.0. The molecule has 0 aromatic heterocycles. The summed E-state index contributed by atoms with van der Waals surface area (Å²) in [6, 6.07) is 4.68. The van der Waals surface area contributed by atoms with Crippen LogP contribution in [0.4, 0.5) is 0 Å². The van der Waals surface area contributed by atoms with Crippen LogP contribution in [0.5, 0.6) is 5.75 Å². The van der Waals surface area contributed by atoms with E-state index in [1.54, 1.807) is 25.3 Å². The maximum atomic E-state index is 12.6. The van der Waals surface area contributed by atoms with E-state index in [-0.39, 0.29) is 10.9 Å². The van der Waals surface area contributed by atoms with Crippen LogP contribution < -0.4 is 10.5 Å². The van der Waals surface area contributed by atoms with Gasteiger partial charge in [-0.1, -0.05) is 0 Å². The van der Waals surface area contributed by atoms with Crippen molar-refractivity contribution in [2.45, 2.75) is 23.8 Å². The third-order valence-electron chi connectivity index (χ3n) is 3.33. The van der Waals surface area contributed by atoms with Crippen LogP contribution in [-0.2, 0) is 10.0 Å². The Morgan fingerprint density at radius 3 is 2.84 bits per heavy atom. The molecule has 0 aliphatic carbocycles. The van der Waals surface area contributed by atoms with Gasteiger partial charge in [-0.25, -0.2) is 8.42 Å². The minimum absolute atomic E-state index is 0.0918. The van der Waals surface area contributed by atoms with Crippen LogP contribution in [-0.4, -0.2) is 39.0 Å². The third kappa shape index (κ3) is 2.79. The van der Waals surface area contributed by atoms with E-state index in [0.717, 1.165) is 12.8 Å². The fourth-order valence-corrected chi connectivity index (χ4v) is 4.73. The van der Waals surface area contributed by atoms with Gasteiger partial charge in [-0.05, 0) is 47.0 Å². The lowest BCUT2D eigenvalue weighted by Gasteiger charge is -2.23. The van der Waals surface area contributed by atoms with Crippen molar-refractivity contribution in [3.05, 3.63) is 22.7 Å². The van der Waals surface area contributed by atoms with Gasteiger partial charge in [0, 0.05) is 19.1 Å². The normalized spacial score (nSPS) is 20.7. The van der Waals surface area contributed by atoms with Crippen LogP contribution in [0.3, 0.4) is 0 Å². The van der Waals surface area contributed by atoms with Crippen molar-refractivity contribution in [2.75, 3.05) is 20.2 Å². The molecular weight excluding hydrogens is 332 g/mol. The number of benzene rings is 1. The number of sulfonamides is 1. The van der Waals surface area contributed by atoms with Gasteiger partial charge in [-0.15, -0.1) is 0 Å². The van der Waals surface area contributed by atoms with E-state index in [9.17, 15) is 8.42 Å². The Kier molecular flexibility index (Phi) is 4.50. The van der Waals surface area contributed by atoms with Gasteiger partial charge in [0.2, 0.25) is 10.0 Å². The Hall–Kier alpha value is -0.630. The molecule has 0 spiro atoms. The third-order valence-corrected chi connectivity index (χ3v) is 5.89. The smallest absolute Gasteiger partial charge is 0.243 e. The van der Waals surface area contributed by atoms with E-state index in [1.165, 1.54) is 4.31 Å². The van der Waals surface area contributed by atoms with E-state index in [1.807, 2.05) is 0 Å². The van der Waals surface area contributed by atoms with Gasteiger partial charge in [-0.2, -0.15) is 4.31 Å². The zero-order valence-electron chi connectivity index (χ0n) is 10.7. The van der Waals surface area contributed by atoms with Crippen molar-refractivity contribution in [3.8, 4) is 5.75 Å². The second-order valence-corrected chi connectivity index (χ2v) is 7.19. The van der Waals surface area contributed by atoms with Gasteiger partial charge >= 0.3 is 0 Å². The molecule has 5 nitrogen and oxygen atoms in total. The molecule has 0 radical (unpaired) electrons. The summed E-state index contributed by atoms with van der Waals surface area (Å²) < 4.78 is 32.4. The van der Waals surface area contributed by atoms with E-state index in [0.29, 0.717) is 23.3 Å². The quantitative estimate of drug-likeness (QED) is 0.896. The molecule has 0 saturated carbocycles. The number of nitrogens with two attached hydrogens (primary N) is 1. The monoisotopic (exact) mass is 348 g/mol. The molecule has 1 fully saturated rings. The second kappa shape index (κ2) is 5.78. The number of halogens is 1. The first-order chi connectivity index (χ1) is 9.00. The van der Waals surface area contributed by atoms with Crippen LogP contribution in [0, 0.1) is 0 Å². The molecule has 1 aliphatic heterocycles. The Labute approximate surface area is 121 Å². The Morgan fingerprint density at radius 1 is 1.53 bits per heavy atom. The molecule has 1 saturated heterocycles. The SMILES string of the molecule is COc1ccc(S(=O)(=O)N2CCC[C@@H]2CN)cc1Br. The summed E-state index contributed by atoms with van der Waals surface area (Å²) >= 11 is 3.31. The van der Waals surface area contributed by atoms with Crippen molar-refractivity contribution in [3.63, 3.8) is 0 Å². The molecule has 19 heavy (non-hydrogen) atoms. The lowest BCUT2D eigenvalue weighted by atomic mass is 10.2. The summed E-state index contributed by atoms with van der Waals surface area (Å²) in [5.74, 6) is 0.607. The predicted molar refractivity (Wildman–Crippen MR) is 76.7 cm³/mol. The van der Waals surface area contributed by atoms with Gasteiger partial charge in [0.1, 0.15) is 5.75 Å². The number of ether oxygens (including phenoxy) is 1. The maximum Gasteiger partial charge on any atom is 0.243 e. The van der Waals surface area contributed by atoms with Crippen molar-refractivity contribution in [1.82, 2.24) is 4.31 Å². The first-order valence-electron chi connectivity index (χ1n) is 6.06. The molecule has 2 rings (SSSR count). The number of hydrogen-bond acceptors (Lipinski definition) is 4. The maximum absolute atomic E-state index is 12.6. The lowest BCUT2D eigenvalue weighted by Crippen LogP contribution is -2.39. The fraction of sp³-hybridized carbons (Fsp3) is 0.500. The molecule has 7 heteroatoms. The van der Waals surface area contributed by atoms with Crippen LogP contribution in [0.2, 0.25) is 0 Å². The van der Waals surface area contributed by atoms with E-state index in [4.69, 9.17) is 10.5 Å². The number of methoxy groups -OCH3 is 1. The summed E-state index contributed by atoms with van der Waals surface area (Å²) in [5.41, 5.74) is 5.64. The van der Waals surface area contributed by atoms with Crippen LogP contribution >= 0.6 is 15.9 Å². The van der Waals surface area contributed by atoms with Crippen molar-refractivity contribution >= 4 is 26.0 Å². The molecule has 1 aromatic rings. The Bertz CT molecular complexity index is 562. The largest absolute Gasteiger partial charge is 0.496 e. The summed E-state index contributed by atoms with van der Waals surface area (Å²) in [6.45, 7) is 0.893. The molecule has 1 heterocycles. The average Bonchev–Trinajstić information content (AvgIpc) is 2.87. The first-order valence-corrected chi connectivity index (χ1v) is 8.29. The van der Waals surface area contributed by atoms with Gasteiger partial charge in [0.05, 0.1) is 16.5 Å². The molecular formula is C12H17BrN2O3S. The topological polar surface area (TPSA) is 72.6 Å². The first kappa shape index (κ1) is 14.8. The highest BCUT2D eigenvalue weighted by molar-refractivity contribution is 9.10. The molecule has 1 atom stereocenters. The summed E-state index contributed by atoms with van der Waals surface area (Å²) in [7, 11) is -1.94. The van der Waals surface area contributed by atoms with E-state index in [2.05, 4.69) is 15.9 Å². The molecule has 2 N–H and O–H groups in total. The standard InChI is InChI=1S/C12H17BrN2O3S/c1-18-12-5-4-10(7-11(12)13)19(16,17)15-6-2-3-9(15)8-14/h4-5,7,9H,2-3,6,8,14H2,1H3/t9-/m1/s1. The van der Waals surface area contributed by atoms with Crippen LogP contribution in [0.25, 0.3) is 0 Å². The summed E-state index contributed by atoms with van der Waals surface area (Å²) in [6.07, 6.45) is 1.69. The second-order valence-electron chi connectivity index (χ2n) is 4.44. The van der Waals surface area contributed by atoms with E-state index < -0.39 is 10.0 Å². The molecule has 0 unspecified atom stereocenters. The highest BCUT2D eigenvalue weighted by Crippen LogP contribution is 2.31. The van der Waals surface area contributed by atoms with E-state index >= 15 is 0 Å². The number of hydrogen-bond donors (Lipinski definition) is 1. The minimum atomic E-state index is -3.48. The Morgan fingerprint density at radius 2 is 2.26 bits per heavy atom. The average molecular weight is 349 g/mol. The summed E-state index contributed by atoms with van der Waals surface area (Å²) in [4.78, 5) is 0.264. The molecule has 0 amide bonds. The minimum Gasteiger partial charge on any atom is -0.496 e.